The predicted molar refractivity (Wildman–Crippen MR) is 90.1 cm³/mol. The summed E-state index contributed by atoms with van der Waals surface area (Å²) in [5, 5.41) is 0. The van der Waals surface area contributed by atoms with Crippen LogP contribution < -0.4 is 4.74 Å². The zero-order valence-corrected chi connectivity index (χ0v) is 13.6. The molecule has 0 amide bonds. The van der Waals surface area contributed by atoms with Crippen molar-refractivity contribution in [3.05, 3.63) is 54.3 Å². The zero-order chi connectivity index (χ0) is 16.8. The van der Waals surface area contributed by atoms with Crippen LogP contribution in [0.2, 0.25) is 0 Å². The van der Waals surface area contributed by atoms with E-state index in [2.05, 4.69) is 0 Å². The lowest BCUT2D eigenvalue weighted by Crippen LogP contribution is -2.29. The molecule has 126 valence electrons. The van der Waals surface area contributed by atoms with Crippen LogP contribution in [0.4, 0.5) is 0 Å². The van der Waals surface area contributed by atoms with Crippen molar-refractivity contribution in [2.24, 2.45) is 11.8 Å². The van der Waals surface area contributed by atoms with E-state index in [1.807, 2.05) is 36.4 Å². The molecule has 0 saturated heterocycles. The first-order chi connectivity index (χ1) is 11.7. The summed E-state index contributed by atoms with van der Waals surface area (Å²) in [6, 6.07) is 9.09. The van der Waals surface area contributed by atoms with E-state index in [-0.39, 0.29) is 23.8 Å². The molecule has 0 aliphatic heterocycles. The van der Waals surface area contributed by atoms with Gasteiger partial charge in [0.25, 0.3) is 0 Å². The molecule has 2 aliphatic rings. The molecule has 4 nitrogen and oxygen atoms in total. The summed E-state index contributed by atoms with van der Waals surface area (Å²) in [6.07, 6.45) is 10.4. The molecule has 1 fully saturated rings. The van der Waals surface area contributed by atoms with E-state index in [0.29, 0.717) is 37.2 Å². The molecule has 0 bridgehead atoms. The minimum absolute atomic E-state index is 0.123. The van der Waals surface area contributed by atoms with Gasteiger partial charge in [0, 0.05) is 0 Å². The molecule has 0 N–H and O–H groups in total. The Hall–Kier alpha value is -2.36. The van der Waals surface area contributed by atoms with Crippen LogP contribution in [0.5, 0.6) is 5.75 Å². The molecule has 0 heterocycles. The molecule has 0 radical (unpaired) electrons. The van der Waals surface area contributed by atoms with Crippen molar-refractivity contribution in [1.29, 1.82) is 0 Å². The normalized spacial score (nSPS) is 23.2. The number of esters is 2. The minimum atomic E-state index is -0.203. The smallest absolute Gasteiger partial charge is 0.314 e. The summed E-state index contributed by atoms with van der Waals surface area (Å²) in [7, 11) is 0. The lowest BCUT2D eigenvalue weighted by atomic mass is 9.82. The summed E-state index contributed by atoms with van der Waals surface area (Å²) < 4.78 is 10.8. The number of hydrogen-bond donors (Lipinski definition) is 0. The van der Waals surface area contributed by atoms with Crippen molar-refractivity contribution < 1.29 is 19.1 Å². The van der Waals surface area contributed by atoms with E-state index < -0.39 is 0 Å². The van der Waals surface area contributed by atoms with Crippen LogP contribution in [0, 0.1) is 11.8 Å². The van der Waals surface area contributed by atoms with E-state index in [9.17, 15) is 9.59 Å². The first-order valence-electron chi connectivity index (χ1n) is 8.57. The Bertz CT molecular complexity index is 637. The third-order valence-corrected chi connectivity index (χ3v) is 4.53. The second kappa shape index (κ2) is 7.95. The Kier molecular flexibility index (Phi) is 5.47. The maximum atomic E-state index is 12.2. The third-order valence-electron chi connectivity index (χ3n) is 4.53. The number of carbonyl (C=O) groups is 2. The Balaban J connectivity index is 1.46. The lowest BCUT2D eigenvalue weighted by Gasteiger charge is -2.26. The first-order valence-corrected chi connectivity index (χ1v) is 8.57. The summed E-state index contributed by atoms with van der Waals surface area (Å²) in [6.45, 7) is 0. The summed E-state index contributed by atoms with van der Waals surface area (Å²) in [5.74, 6) is 0.579. The van der Waals surface area contributed by atoms with E-state index in [0.717, 1.165) is 12.8 Å². The Labute approximate surface area is 142 Å². The topological polar surface area (TPSA) is 52.6 Å². The fraction of sp³-hybridized carbons (Fsp3) is 0.400. The van der Waals surface area contributed by atoms with Gasteiger partial charge in [0.15, 0.2) is 0 Å². The second-order valence-corrected chi connectivity index (χ2v) is 6.29. The third kappa shape index (κ3) is 4.34. The van der Waals surface area contributed by atoms with Crippen molar-refractivity contribution >= 4 is 11.9 Å². The van der Waals surface area contributed by atoms with Crippen molar-refractivity contribution in [1.82, 2.24) is 0 Å². The number of benzene rings is 1. The van der Waals surface area contributed by atoms with Gasteiger partial charge in [-0.05, 0) is 62.8 Å². The van der Waals surface area contributed by atoms with Gasteiger partial charge in [0.1, 0.15) is 11.5 Å². The van der Waals surface area contributed by atoms with Crippen LogP contribution in [0.15, 0.2) is 54.3 Å². The fourth-order valence-corrected chi connectivity index (χ4v) is 3.12. The largest absolute Gasteiger partial charge is 0.427 e. The highest BCUT2D eigenvalue weighted by Crippen LogP contribution is 2.31. The Morgan fingerprint density at radius 2 is 1.46 bits per heavy atom. The molecular formula is C20H22O4. The lowest BCUT2D eigenvalue weighted by molar-refractivity contribution is -0.148. The summed E-state index contributed by atoms with van der Waals surface area (Å²) in [4.78, 5) is 24.4. The highest BCUT2D eigenvalue weighted by molar-refractivity contribution is 5.77. The van der Waals surface area contributed by atoms with Crippen LogP contribution in [0.25, 0.3) is 0 Å². The number of allylic oxidation sites excluding steroid dienone is 3. The molecule has 1 aromatic rings. The minimum Gasteiger partial charge on any atom is -0.427 e. The average Bonchev–Trinajstić information content (AvgIpc) is 2.63. The van der Waals surface area contributed by atoms with E-state index >= 15 is 0 Å². The molecule has 0 aromatic heterocycles. The molecule has 2 aliphatic carbocycles. The predicted octanol–water partition coefficient (Wildman–Crippen LogP) is 4.18. The first kappa shape index (κ1) is 16.5. The molecule has 0 unspecified atom stereocenters. The standard InChI is InChI=1S/C20H22O4/c21-19(23-17-7-3-1-4-8-17)15-11-13-16(14-12-15)20(22)24-18-9-5-2-6-10-18/h1,3-5,7-10,15-16H,2,6,11-14H2. The van der Waals surface area contributed by atoms with Crippen LogP contribution in [0.3, 0.4) is 0 Å². The van der Waals surface area contributed by atoms with Gasteiger partial charge < -0.3 is 9.47 Å². The summed E-state index contributed by atoms with van der Waals surface area (Å²) >= 11 is 0. The zero-order valence-electron chi connectivity index (χ0n) is 13.6. The Morgan fingerprint density at radius 3 is 2.04 bits per heavy atom. The second-order valence-electron chi connectivity index (χ2n) is 6.29. The monoisotopic (exact) mass is 326 g/mol. The molecule has 0 atom stereocenters. The quantitative estimate of drug-likeness (QED) is 0.615. The van der Waals surface area contributed by atoms with Gasteiger partial charge in [0.2, 0.25) is 0 Å². The maximum Gasteiger partial charge on any atom is 0.314 e. The average molecular weight is 326 g/mol. The van der Waals surface area contributed by atoms with Crippen molar-refractivity contribution in [3.8, 4) is 5.75 Å². The van der Waals surface area contributed by atoms with Crippen LogP contribution in [-0.4, -0.2) is 11.9 Å². The van der Waals surface area contributed by atoms with Crippen molar-refractivity contribution in [2.75, 3.05) is 0 Å². The maximum absolute atomic E-state index is 12.2. The van der Waals surface area contributed by atoms with Gasteiger partial charge >= 0.3 is 11.9 Å². The van der Waals surface area contributed by atoms with E-state index in [1.165, 1.54) is 0 Å². The molecule has 1 aromatic carbocycles. The number of carbonyl (C=O) groups excluding carboxylic acids is 2. The van der Waals surface area contributed by atoms with Gasteiger partial charge in [0.05, 0.1) is 11.8 Å². The van der Waals surface area contributed by atoms with Gasteiger partial charge in [-0.25, -0.2) is 0 Å². The van der Waals surface area contributed by atoms with Crippen LogP contribution in [0.1, 0.15) is 38.5 Å². The highest BCUT2D eigenvalue weighted by atomic mass is 16.5. The molecule has 0 spiro atoms. The molecule has 24 heavy (non-hydrogen) atoms. The number of hydrogen-bond acceptors (Lipinski definition) is 4. The molecule has 1 saturated carbocycles. The van der Waals surface area contributed by atoms with Gasteiger partial charge in [-0.3, -0.25) is 9.59 Å². The SMILES string of the molecule is O=C(OC1=CCCC=C1)C1CCC(C(=O)Oc2ccccc2)CC1. The van der Waals surface area contributed by atoms with E-state index in [1.54, 1.807) is 12.1 Å². The van der Waals surface area contributed by atoms with Crippen molar-refractivity contribution in [2.45, 2.75) is 38.5 Å². The van der Waals surface area contributed by atoms with Gasteiger partial charge in [-0.2, -0.15) is 0 Å². The fourth-order valence-electron chi connectivity index (χ4n) is 3.12. The highest BCUT2D eigenvalue weighted by Gasteiger charge is 2.32. The number of para-hydroxylation sites is 1. The number of rotatable bonds is 4. The van der Waals surface area contributed by atoms with Crippen LogP contribution in [-0.2, 0) is 14.3 Å². The van der Waals surface area contributed by atoms with Gasteiger partial charge in [-0.15, -0.1) is 0 Å². The van der Waals surface area contributed by atoms with Crippen molar-refractivity contribution in [3.63, 3.8) is 0 Å². The number of ether oxygens (including phenoxy) is 2. The Morgan fingerprint density at radius 1 is 0.833 bits per heavy atom. The molecule has 3 rings (SSSR count). The summed E-state index contributed by atoms with van der Waals surface area (Å²) in [5.41, 5.74) is 0. The van der Waals surface area contributed by atoms with Crippen LogP contribution >= 0.6 is 0 Å². The van der Waals surface area contributed by atoms with Gasteiger partial charge in [-0.1, -0.05) is 24.3 Å². The van der Waals surface area contributed by atoms with E-state index in [4.69, 9.17) is 9.47 Å². The molecular weight excluding hydrogens is 304 g/mol. The molecule has 4 heteroatoms.